The van der Waals surface area contributed by atoms with Crippen molar-refractivity contribution in [3.8, 4) is 0 Å². The molecule has 0 aromatic carbocycles. The van der Waals surface area contributed by atoms with Crippen LogP contribution in [-0.4, -0.2) is 14.2 Å². The lowest BCUT2D eigenvalue weighted by Crippen LogP contribution is -2.04. The van der Waals surface area contributed by atoms with Crippen LogP contribution in [0.15, 0.2) is 0 Å². The molecule has 0 fully saturated rings. The summed E-state index contributed by atoms with van der Waals surface area (Å²) in [4.78, 5) is 0. The number of unbranched alkanes of at least 4 members (excludes halogenated alkanes) is 16. The summed E-state index contributed by atoms with van der Waals surface area (Å²) in [7, 11) is -3.32. The Kier molecular flexibility index (Phi) is 18.5. The summed E-state index contributed by atoms with van der Waals surface area (Å²) < 4.78 is 26.4. The van der Waals surface area contributed by atoms with Gasteiger partial charge >= 0.3 is 0 Å². The summed E-state index contributed by atoms with van der Waals surface area (Å²) in [6, 6.07) is 0. The molecule has 0 aliphatic rings. The van der Waals surface area contributed by atoms with Crippen molar-refractivity contribution in [2.45, 2.75) is 116 Å². The standard InChI is InChI=1S/C19H39BrO3S/c1-2-3-4-5-6-7-8-9-10-11-12-13-14-15-16-17-18-19-24(21,22)23-20/h2-19H2,1H3. The number of hydrogen-bond acceptors (Lipinski definition) is 3. The van der Waals surface area contributed by atoms with Crippen molar-refractivity contribution < 1.29 is 11.7 Å². The Hall–Kier alpha value is 0.390. The smallest absolute Gasteiger partial charge is 0.199 e. The van der Waals surface area contributed by atoms with Crippen molar-refractivity contribution in [1.82, 2.24) is 0 Å². The van der Waals surface area contributed by atoms with Crippen LogP contribution in [0.2, 0.25) is 0 Å². The molecule has 0 aliphatic carbocycles. The van der Waals surface area contributed by atoms with Crippen molar-refractivity contribution in [1.29, 1.82) is 0 Å². The quantitative estimate of drug-likeness (QED) is 0.203. The van der Waals surface area contributed by atoms with Crippen molar-refractivity contribution >= 4 is 26.4 Å². The van der Waals surface area contributed by atoms with Crippen LogP contribution < -0.4 is 0 Å². The maximum absolute atomic E-state index is 11.1. The molecule has 0 aromatic rings. The van der Waals surface area contributed by atoms with Crippen LogP contribution >= 0.6 is 16.3 Å². The van der Waals surface area contributed by atoms with Gasteiger partial charge in [-0.15, -0.1) is 0 Å². The highest BCUT2D eigenvalue weighted by molar-refractivity contribution is 9.06. The Balaban J connectivity index is 3.08. The van der Waals surface area contributed by atoms with Gasteiger partial charge in [0.1, 0.15) is 16.3 Å². The van der Waals surface area contributed by atoms with E-state index in [4.69, 9.17) is 0 Å². The Morgan fingerprint density at radius 2 is 0.875 bits per heavy atom. The van der Waals surface area contributed by atoms with E-state index in [1.807, 2.05) is 0 Å². The van der Waals surface area contributed by atoms with Gasteiger partial charge in [0.15, 0.2) is 0 Å². The second-order valence-electron chi connectivity index (χ2n) is 6.98. The van der Waals surface area contributed by atoms with Crippen molar-refractivity contribution in [3.63, 3.8) is 0 Å². The van der Waals surface area contributed by atoms with E-state index in [9.17, 15) is 8.42 Å². The third-order valence-electron chi connectivity index (χ3n) is 4.59. The number of rotatable bonds is 19. The first-order valence-electron chi connectivity index (χ1n) is 10.2. The monoisotopic (exact) mass is 426 g/mol. The van der Waals surface area contributed by atoms with E-state index < -0.39 is 10.1 Å². The maximum atomic E-state index is 11.1. The first-order valence-corrected chi connectivity index (χ1v) is 12.4. The van der Waals surface area contributed by atoms with Crippen molar-refractivity contribution in [3.05, 3.63) is 0 Å². The van der Waals surface area contributed by atoms with Crippen LogP contribution in [0.5, 0.6) is 0 Å². The third kappa shape index (κ3) is 18.7. The molecule has 0 atom stereocenters. The fourth-order valence-electron chi connectivity index (χ4n) is 3.04. The second kappa shape index (κ2) is 18.2. The third-order valence-corrected chi connectivity index (χ3v) is 6.78. The van der Waals surface area contributed by atoms with Crippen molar-refractivity contribution in [2.24, 2.45) is 0 Å². The van der Waals surface area contributed by atoms with Crippen LogP contribution in [0.25, 0.3) is 0 Å². The first kappa shape index (κ1) is 24.4. The summed E-state index contributed by atoms with van der Waals surface area (Å²) in [5.41, 5.74) is 0. The molecule has 0 unspecified atom stereocenters. The predicted molar refractivity (Wildman–Crippen MR) is 108 cm³/mol. The minimum Gasteiger partial charge on any atom is -0.199 e. The Morgan fingerprint density at radius 3 is 1.17 bits per heavy atom. The maximum Gasteiger partial charge on any atom is 0.277 e. The normalized spacial score (nSPS) is 11.9. The van der Waals surface area contributed by atoms with Gasteiger partial charge in [-0.1, -0.05) is 110 Å². The molecular weight excluding hydrogens is 388 g/mol. The van der Waals surface area contributed by atoms with Crippen molar-refractivity contribution in [2.75, 3.05) is 5.75 Å². The van der Waals surface area contributed by atoms with Gasteiger partial charge in [-0.25, -0.2) is 0 Å². The topological polar surface area (TPSA) is 43.4 Å². The largest absolute Gasteiger partial charge is 0.277 e. The zero-order chi connectivity index (χ0) is 17.9. The Labute approximate surface area is 159 Å². The summed E-state index contributed by atoms with van der Waals surface area (Å²) in [5.74, 6) is 0.122. The molecule has 3 nitrogen and oxygen atoms in total. The Bertz CT molecular complexity index is 345. The summed E-state index contributed by atoms with van der Waals surface area (Å²) >= 11 is 2.53. The molecule has 24 heavy (non-hydrogen) atoms. The van der Waals surface area contributed by atoms with Crippen LogP contribution in [-0.2, 0) is 13.4 Å². The van der Waals surface area contributed by atoms with E-state index in [2.05, 4.69) is 26.5 Å². The van der Waals surface area contributed by atoms with Gasteiger partial charge in [0.25, 0.3) is 10.1 Å². The summed E-state index contributed by atoms with van der Waals surface area (Å²) in [6.45, 7) is 2.27. The molecule has 0 radical (unpaired) electrons. The summed E-state index contributed by atoms with van der Waals surface area (Å²) in [6.07, 6.45) is 22.1. The molecule has 146 valence electrons. The molecule has 0 N–H and O–H groups in total. The molecule has 0 spiro atoms. The summed E-state index contributed by atoms with van der Waals surface area (Å²) in [5, 5.41) is 0. The molecule has 0 heterocycles. The highest BCUT2D eigenvalue weighted by Crippen LogP contribution is 2.14. The average molecular weight is 427 g/mol. The minimum absolute atomic E-state index is 0.122. The number of halogens is 1. The van der Waals surface area contributed by atoms with Gasteiger partial charge in [-0.3, -0.25) is 0 Å². The average Bonchev–Trinajstić information content (AvgIpc) is 2.57. The molecule has 0 saturated carbocycles. The van der Waals surface area contributed by atoms with Gasteiger partial charge in [-0.2, -0.15) is 11.7 Å². The van der Waals surface area contributed by atoms with Gasteiger partial charge in [0.05, 0.1) is 5.75 Å². The van der Waals surface area contributed by atoms with E-state index >= 15 is 0 Å². The van der Waals surface area contributed by atoms with E-state index in [-0.39, 0.29) is 5.75 Å². The van der Waals surface area contributed by atoms with E-state index in [1.165, 1.54) is 89.9 Å². The lowest BCUT2D eigenvalue weighted by atomic mass is 10.0. The minimum atomic E-state index is -3.32. The fraction of sp³-hybridized carbons (Fsp3) is 1.00. The zero-order valence-corrected chi connectivity index (χ0v) is 18.1. The molecule has 0 aliphatic heterocycles. The Morgan fingerprint density at radius 1 is 0.583 bits per heavy atom. The van der Waals surface area contributed by atoms with Gasteiger partial charge in [-0.05, 0) is 6.42 Å². The van der Waals surface area contributed by atoms with Crippen LogP contribution in [0.1, 0.15) is 116 Å². The molecule has 0 amide bonds. The van der Waals surface area contributed by atoms with E-state index in [1.54, 1.807) is 0 Å². The number of hydrogen-bond donors (Lipinski definition) is 0. The van der Waals surface area contributed by atoms with Gasteiger partial charge < -0.3 is 0 Å². The van der Waals surface area contributed by atoms with Crippen LogP contribution in [0.4, 0.5) is 0 Å². The second-order valence-corrected chi connectivity index (χ2v) is 9.42. The predicted octanol–water partition coefficient (Wildman–Crippen LogP) is 7.29. The lowest BCUT2D eigenvalue weighted by Gasteiger charge is -2.03. The molecule has 0 bridgehead atoms. The molecule has 0 rings (SSSR count). The van der Waals surface area contributed by atoms with Gasteiger partial charge in [0, 0.05) is 0 Å². The van der Waals surface area contributed by atoms with Gasteiger partial charge in [0.2, 0.25) is 0 Å². The fourth-order valence-corrected chi connectivity index (χ4v) is 4.05. The molecular formula is C19H39BrO3S. The molecule has 0 saturated heterocycles. The highest BCUT2D eigenvalue weighted by Gasteiger charge is 2.08. The van der Waals surface area contributed by atoms with Crippen LogP contribution in [0, 0.1) is 0 Å². The highest BCUT2D eigenvalue weighted by atomic mass is 79.9. The molecule has 5 heteroatoms. The van der Waals surface area contributed by atoms with E-state index in [0.29, 0.717) is 6.42 Å². The first-order chi connectivity index (χ1) is 11.6. The lowest BCUT2D eigenvalue weighted by molar-refractivity contribution is 0.516. The SMILES string of the molecule is CCCCCCCCCCCCCCCCCCCS(=O)(=O)OBr. The van der Waals surface area contributed by atoms with Crippen LogP contribution in [0.3, 0.4) is 0 Å². The van der Waals surface area contributed by atoms with E-state index in [0.717, 1.165) is 12.8 Å². The molecule has 0 aromatic heterocycles. The zero-order valence-electron chi connectivity index (χ0n) is 15.7.